The summed E-state index contributed by atoms with van der Waals surface area (Å²) < 4.78 is 17.3. The number of carbonyl (C=O) groups excluding carboxylic acids is 1. The van der Waals surface area contributed by atoms with Gasteiger partial charge in [0.1, 0.15) is 0 Å². The molecular formula is C19H25N3O5. The normalized spacial score (nSPS) is 14.9. The summed E-state index contributed by atoms with van der Waals surface area (Å²) in [7, 11) is 4.66. The lowest BCUT2D eigenvalue weighted by Gasteiger charge is -2.26. The number of fused-ring (bicyclic) bond motifs is 1. The smallest absolute Gasteiger partial charge is 0.258 e. The second-order valence-electron chi connectivity index (χ2n) is 6.42. The Morgan fingerprint density at radius 3 is 2.41 bits per heavy atom. The van der Waals surface area contributed by atoms with E-state index in [4.69, 9.17) is 14.2 Å². The number of aromatic nitrogens is 1. The molecule has 0 atom stereocenters. The summed E-state index contributed by atoms with van der Waals surface area (Å²) in [6.45, 7) is 4.47. The second-order valence-corrected chi connectivity index (χ2v) is 6.42. The highest BCUT2D eigenvalue weighted by molar-refractivity contribution is 6.07. The molecule has 0 saturated carbocycles. The lowest BCUT2D eigenvalue weighted by molar-refractivity contribution is 0.0383. The first-order chi connectivity index (χ1) is 13.0. The maximum absolute atomic E-state index is 12.8. The number of nitrogens with zero attached hydrogens (tertiary/aromatic N) is 2. The van der Waals surface area contributed by atoms with Crippen LogP contribution < -0.4 is 20.3 Å². The summed E-state index contributed by atoms with van der Waals surface area (Å²) >= 11 is 0. The third kappa shape index (κ3) is 4.06. The number of morpholine rings is 1. The zero-order chi connectivity index (χ0) is 19.4. The molecule has 8 nitrogen and oxygen atoms in total. The van der Waals surface area contributed by atoms with Crippen LogP contribution in [0.25, 0.3) is 10.8 Å². The van der Waals surface area contributed by atoms with Gasteiger partial charge in [-0.05, 0) is 12.1 Å². The summed E-state index contributed by atoms with van der Waals surface area (Å²) in [4.78, 5) is 27.5. The van der Waals surface area contributed by atoms with Crippen molar-refractivity contribution in [2.75, 3.05) is 53.6 Å². The van der Waals surface area contributed by atoms with Crippen molar-refractivity contribution in [1.82, 2.24) is 14.8 Å². The van der Waals surface area contributed by atoms with Crippen molar-refractivity contribution in [2.24, 2.45) is 7.05 Å². The Labute approximate surface area is 157 Å². The average molecular weight is 375 g/mol. The minimum Gasteiger partial charge on any atom is -0.493 e. The maximum atomic E-state index is 12.8. The minimum atomic E-state index is -0.226. The first-order valence-corrected chi connectivity index (χ1v) is 8.88. The van der Waals surface area contributed by atoms with E-state index in [0.29, 0.717) is 34.4 Å². The van der Waals surface area contributed by atoms with E-state index in [1.807, 2.05) is 0 Å². The molecule has 2 heterocycles. The lowest BCUT2D eigenvalue weighted by atomic mass is 10.1. The molecule has 1 aromatic carbocycles. The third-order valence-electron chi connectivity index (χ3n) is 4.75. The maximum Gasteiger partial charge on any atom is 0.258 e. The van der Waals surface area contributed by atoms with E-state index in [0.717, 1.165) is 32.8 Å². The number of benzene rings is 1. The van der Waals surface area contributed by atoms with Gasteiger partial charge in [0.15, 0.2) is 11.5 Å². The van der Waals surface area contributed by atoms with Gasteiger partial charge in [-0.25, -0.2) is 0 Å². The number of pyridine rings is 1. The number of amides is 1. The highest BCUT2D eigenvalue weighted by Crippen LogP contribution is 2.32. The molecule has 146 valence electrons. The van der Waals surface area contributed by atoms with Gasteiger partial charge in [-0.3, -0.25) is 14.5 Å². The van der Waals surface area contributed by atoms with E-state index in [1.54, 1.807) is 25.4 Å². The van der Waals surface area contributed by atoms with Crippen molar-refractivity contribution in [3.63, 3.8) is 0 Å². The highest BCUT2D eigenvalue weighted by Gasteiger charge is 2.18. The van der Waals surface area contributed by atoms with Gasteiger partial charge in [-0.15, -0.1) is 0 Å². The molecule has 0 radical (unpaired) electrons. The first kappa shape index (κ1) is 19.2. The Bertz CT molecular complexity index is 887. The number of rotatable bonds is 6. The number of methoxy groups -OCH3 is 2. The van der Waals surface area contributed by atoms with Crippen LogP contribution in [0.2, 0.25) is 0 Å². The van der Waals surface area contributed by atoms with Crippen LogP contribution >= 0.6 is 0 Å². The Balaban J connectivity index is 1.87. The first-order valence-electron chi connectivity index (χ1n) is 8.88. The van der Waals surface area contributed by atoms with E-state index in [1.165, 1.54) is 18.8 Å². The fraction of sp³-hybridized carbons (Fsp3) is 0.474. The molecule has 0 spiro atoms. The zero-order valence-corrected chi connectivity index (χ0v) is 15.9. The van der Waals surface area contributed by atoms with Gasteiger partial charge in [0, 0.05) is 44.8 Å². The van der Waals surface area contributed by atoms with Crippen molar-refractivity contribution in [3.8, 4) is 11.5 Å². The third-order valence-corrected chi connectivity index (χ3v) is 4.75. The SMILES string of the molecule is COc1cc2c(C(=O)NCCN3CCOCC3)cn(C)c(=O)c2cc1OC. The van der Waals surface area contributed by atoms with Crippen LogP contribution in [0.5, 0.6) is 11.5 Å². The Morgan fingerprint density at radius 1 is 1.15 bits per heavy atom. The Hall–Kier alpha value is -2.58. The van der Waals surface area contributed by atoms with Crippen molar-refractivity contribution in [1.29, 1.82) is 0 Å². The molecule has 27 heavy (non-hydrogen) atoms. The quantitative estimate of drug-likeness (QED) is 0.797. The molecule has 1 N–H and O–H groups in total. The van der Waals surface area contributed by atoms with Gasteiger partial charge < -0.3 is 24.1 Å². The Kier molecular flexibility index (Phi) is 5.98. The molecule has 1 aliphatic heterocycles. The molecule has 1 aromatic heterocycles. The predicted octanol–water partition coefficient (Wildman–Crippen LogP) is 0.618. The van der Waals surface area contributed by atoms with Gasteiger partial charge in [0.05, 0.1) is 38.4 Å². The number of hydrogen-bond acceptors (Lipinski definition) is 6. The molecule has 0 aliphatic carbocycles. The van der Waals surface area contributed by atoms with Crippen LogP contribution in [-0.4, -0.2) is 69.0 Å². The summed E-state index contributed by atoms with van der Waals surface area (Å²) in [5.41, 5.74) is 0.228. The molecule has 8 heteroatoms. The molecule has 1 fully saturated rings. The minimum absolute atomic E-state index is 0.198. The number of nitrogens with one attached hydrogen (secondary N) is 1. The van der Waals surface area contributed by atoms with Gasteiger partial charge in [0.25, 0.3) is 11.5 Å². The average Bonchev–Trinajstić information content (AvgIpc) is 2.70. The largest absolute Gasteiger partial charge is 0.493 e. The molecular weight excluding hydrogens is 350 g/mol. The van der Waals surface area contributed by atoms with Crippen molar-refractivity contribution < 1.29 is 19.0 Å². The molecule has 0 unspecified atom stereocenters. The van der Waals surface area contributed by atoms with E-state index in [-0.39, 0.29) is 11.5 Å². The van der Waals surface area contributed by atoms with E-state index in [9.17, 15) is 9.59 Å². The van der Waals surface area contributed by atoms with Crippen molar-refractivity contribution in [3.05, 3.63) is 34.2 Å². The predicted molar refractivity (Wildman–Crippen MR) is 102 cm³/mol. The molecule has 2 aromatic rings. The highest BCUT2D eigenvalue weighted by atomic mass is 16.5. The Morgan fingerprint density at radius 2 is 1.78 bits per heavy atom. The zero-order valence-electron chi connectivity index (χ0n) is 15.9. The summed E-state index contributed by atoms with van der Waals surface area (Å²) in [6.07, 6.45) is 1.56. The number of hydrogen-bond donors (Lipinski definition) is 1. The molecule has 1 amide bonds. The molecule has 1 saturated heterocycles. The monoisotopic (exact) mass is 375 g/mol. The molecule has 1 aliphatic rings. The van der Waals surface area contributed by atoms with Crippen LogP contribution in [0.4, 0.5) is 0 Å². The van der Waals surface area contributed by atoms with E-state index >= 15 is 0 Å². The summed E-state index contributed by atoms with van der Waals surface area (Å²) in [6, 6.07) is 3.29. The summed E-state index contributed by atoms with van der Waals surface area (Å²) in [5, 5.41) is 3.90. The number of aryl methyl sites for hydroxylation is 1. The molecule has 0 bridgehead atoms. The van der Waals surface area contributed by atoms with Crippen LogP contribution in [0.15, 0.2) is 23.1 Å². The van der Waals surface area contributed by atoms with Crippen LogP contribution in [0.1, 0.15) is 10.4 Å². The fourth-order valence-corrected chi connectivity index (χ4v) is 3.22. The van der Waals surface area contributed by atoms with Gasteiger partial charge in [0.2, 0.25) is 0 Å². The standard InChI is InChI=1S/C19H25N3O5/c1-21-12-15(18(23)20-4-5-22-6-8-27-9-7-22)13-10-16(25-2)17(26-3)11-14(13)19(21)24/h10-12H,4-9H2,1-3H3,(H,20,23). The summed E-state index contributed by atoms with van der Waals surface area (Å²) in [5.74, 6) is 0.698. The topological polar surface area (TPSA) is 82.0 Å². The number of carbonyl (C=O) groups is 1. The van der Waals surface area contributed by atoms with Crippen molar-refractivity contribution in [2.45, 2.75) is 0 Å². The van der Waals surface area contributed by atoms with Crippen LogP contribution in [-0.2, 0) is 11.8 Å². The van der Waals surface area contributed by atoms with E-state index in [2.05, 4.69) is 10.2 Å². The van der Waals surface area contributed by atoms with Crippen LogP contribution in [0, 0.1) is 0 Å². The van der Waals surface area contributed by atoms with Gasteiger partial charge in [-0.1, -0.05) is 0 Å². The van der Waals surface area contributed by atoms with Gasteiger partial charge >= 0.3 is 0 Å². The molecule has 3 rings (SSSR count). The van der Waals surface area contributed by atoms with E-state index < -0.39 is 0 Å². The second kappa shape index (κ2) is 8.41. The fourth-order valence-electron chi connectivity index (χ4n) is 3.22. The van der Waals surface area contributed by atoms with Crippen LogP contribution in [0.3, 0.4) is 0 Å². The lowest BCUT2D eigenvalue weighted by Crippen LogP contribution is -2.41. The van der Waals surface area contributed by atoms with Gasteiger partial charge in [-0.2, -0.15) is 0 Å². The van der Waals surface area contributed by atoms with Crippen molar-refractivity contribution >= 4 is 16.7 Å². The number of ether oxygens (including phenoxy) is 3.